The fraction of sp³-hybridized carbons (Fsp3) is 0.444. The Morgan fingerprint density at radius 3 is 2.77 bits per heavy atom. The molecule has 26 heavy (non-hydrogen) atoms. The summed E-state index contributed by atoms with van der Waals surface area (Å²) < 4.78 is 1.78. The van der Waals surface area contributed by atoms with Crippen LogP contribution >= 0.6 is 0 Å². The number of carbonyl (C=O) groups excluding carboxylic acids is 1. The number of nitrogens with zero attached hydrogens (tertiary/aromatic N) is 5. The molecule has 1 aliphatic rings. The van der Waals surface area contributed by atoms with Crippen LogP contribution in [0.15, 0.2) is 30.6 Å². The Morgan fingerprint density at radius 2 is 2.04 bits per heavy atom. The van der Waals surface area contributed by atoms with E-state index >= 15 is 0 Å². The number of anilines is 1. The Morgan fingerprint density at radius 1 is 1.19 bits per heavy atom. The molecule has 0 atom stereocenters. The highest BCUT2D eigenvalue weighted by Gasteiger charge is 2.22. The number of carbonyl (C=O) groups is 2. The molecule has 0 bridgehead atoms. The maximum absolute atomic E-state index is 12.5. The lowest BCUT2D eigenvalue weighted by Gasteiger charge is -2.24. The summed E-state index contributed by atoms with van der Waals surface area (Å²) in [5.74, 6) is -0.416. The van der Waals surface area contributed by atoms with Crippen molar-refractivity contribution in [2.75, 3.05) is 31.1 Å². The summed E-state index contributed by atoms with van der Waals surface area (Å²) in [5.41, 5.74) is 1.13. The third kappa shape index (κ3) is 4.19. The number of hydrogen-bond donors (Lipinski definition) is 1. The molecule has 1 fully saturated rings. The molecule has 2 aromatic heterocycles. The number of amides is 1. The topological polar surface area (TPSA) is 91.6 Å². The van der Waals surface area contributed by atoms with Gasteiger partial charge in [-0.3, -0.25) is 9.48 Å². The molecule has 8 nitrogen and oxygen atoms in total. The van der Waals surface area contributed by atoms with Crippen LogP contribution in [0.2, 0.25) is 0 Å². The number of carboxylic acid groups (broad SMARTS) is 1. The summed E-state index contributed by atoms with van der Waals surface area (Å²) in [6.45, 7) is 4.97. The molecular weight excluding hydrogens is 334 g/mol. The minimum Gasteiger partial charge on any atom is -0.478 e. The van der Waals surface area contributed by atoms with E-state index in [0.717, 1.165) is 12.1 Å². The second-order valence-corrected chi connectivity index (χ2v) is 6.37. The van der Waals surface area contributed by atoms with E-state index in [0.29, 0.717) is 45.0 Å². The number of hydrogen-bond acceptors (Lipinski definition) is 5. The van der Waals surface area contributed by atoms with E-state index in [1.807, 2.05) is 29.0 Å². The second kappa shape index (κ2) is 7.99. The molecule has 0 aliphatic carbocycles. The summed E-state index contributed by atoms with van der Waals surface area (Å²) in [6.07, 6.45) is 4.66. The molecule has 0 radical (unpaired) electrons. The third-order valence-electron chi connectivity index (χ3n) is 4.49. The lowest BCUT2D eigenvalue weighted by Crippen LogP contribution is -2.36. The third-order valence-corrected chi connectivity index (χ3v) is 4.49. The van der Waals surface area contributed by atoms with Crippen LogP contribution in [0.4, 0.5) is 5.82 Å². The zero-order valence-corrected chi connectivity index (χ0v) is 14.8. The van der Waals surface area contributed by atoms with E-state index in [1.165, 1.54) is 0 Å². The van der Waals surface area contributed by atoms with Crippen LogP contribution in [0.1, 0.15) is 28.9 Å². The normalized spacial score (nSPS) is 15.0. The lowest BCUT2D eigenvalue weighted by atomic mass is 10.2. The molecule has 1 saturated heterocycles. The minimum atomic E-state index is -0.986. The van der Waals surface area contributed by atoms with Crippen LogP contribution in [0, 0.1) is 6.92 Å². The van der Waals surface area contributed by atoms with Crippen LogP contribution in [0.3, 0.4) is 0 Å². The Hall–Kier alpha value is -2.90. The van der Waals surface area contributed by atoms with Gasteiger partial charge in [0.05, 0.1) is 5.69 Å². The molecule has 138 valence electrons. The molecule has 1 N–H and O–H groups in total. The average molecular weight is 357 g/mol. The van der Waals surface area contributed by atoms with Crippen molar-refractivity contribution >= 4 is 17.7 Å². The molecule has 3 heterocycles. The Balaban J connectivity index is 1.59. The van der Waals surface area contributed by atoms with E-state index in [4.69, 9.17) is 0 Å². The van der Waals surface area contributed by atoms with Crippen LogP contribution in [-0.2, 0) is 11.3 Å². The SMILES string of the molecule is Cc1ccn(CCC(=O)N2CCCN(c3ncccc3C(=O)O)CC2)n1. The molecule has 0 saturated carbocycles. The first-order valence-electron chi connectivity index (χ1n) is 8.75. The average Bonchev–Trinajstić information content (AvgIpc) is 2.90. The minimum absolute atomic E-state index is 0.0967. The number of pyridine rings is 1. The Labute approximate surface area is 152 Å². The van der Waals surface area contributed by atoms with Crippen LogP contribution < -0.4 is 4.90 Å². The van der Waals surface area contributed by atoms with Gasteiger partial charge in [0.2, 0.25) is 5.91 Å². The predicted molar refractivity (Wildman–Crippen MR) is 96.2 cm³/mol. The van der Waals surface area contributed by atoms with Crippen molar-refractivity contribution in [1.29, 1.82) is 0 Å². The fourth-order valence-corrected chi connectivity index (χ4v) is 3.15. The maximum atomic E-state index is 12.5. The number of aryl methyl sites for hydroxylation is 2. The maximum Gasteiger partial charge on any atom is 0.339 e. The van der Waals surface area contributed by atoms with Crippen molar-refractivity contribution in [2.45, 2.75) is 26.3 Å². The van der Waals surface area contributed by atoms with Crippen LogP contribution in [-0.4, -0.2) is 62.8 Å². The zero-order valence-electron chi connectivity index (χ0n) is 14.8. The quantitative estimate of drug-likeness (QED) is 0.870. The highest BCUT2D eigenvalue weighted by molar-refractivity contribution is 5.93. The number of aromatic nitrogens is 3. The first-order chi connectivity index (χ1) is 12.5. The molecule has 0 aromatic carbocycles. The van der Waals surface area contributed by atoms with Gasteiger partial charge in [-0.05, 0) is 31.5 Å². The lowest BCUT2D eigenvalue weighted by molar-refractivity contribution is -0.131. The fourth-order valence-electron chi connectivity index (χ4n) is 3.15. The molecule has 1 amide bonds. The molecule has 0 spiro atoms. The summed E-state index contributed by atoms with van der Waals surface area (Å²) in [5, 5.41) is 13.6. The van der Waals surface area contributed by atoms with Gasteiger partial charge in [-0.1, -0.05) is 0 Å². The van der Waals surface area contributed by atoms with Gasteiger partial charge in [-0.25, -0.2) is 9.78 Å². The first kappa shape index (κ1) is 17.9. The predicted octanol–water partition coefficient (Wildman–Crippen LogP) is 1.41. The standard InChI is InChI=1S/C18H23N5O3/c1-14-5-10-23(20-14)11-6-16(24)21-8-3-9-22(13-12-21)17-15(18(25)26)4-2-7-19-17/h2,4-5,7,10H,3,6,8-9,11-13H2,1H3,(H,25,26). The summed E-state index contributed by atoms with van der Waals surface area (Å²) >= 11 is 0. The first-order valence-corrected chi connectivity index (χ1v) is 8.75. The van der Waals surface area contributed by atoms with Crippen LogP contribution in [0.25, 0.3) is 0 Å². The molecule has 2 aromatic rings. The van der Waals surface area contributed by atoms with Crippen molar-refractivity contribution in [1.82, 2.24) is 19.7 Å². The molecule has 3 rings (SSSR count). The summed E-state index contributed by atoms with van der Waals surface area (Å²) in [4.78, 5) is 32.0. The van der Waals surface area contributed by atoms with Crippen molar-refractivity contribution in [3.63, 3.8) is 0 Å². The van der Waals surface area contributed by atoms with Gasteiger partial charge in [0.25, 0.3) is 0 Å². The van der Waals surface area contributed by atoms with Crippen molar-refractivity contribution in [2.24, 2.45) is 0 Å². The Bertz CT molecular complexity index is 789. The summed E-state index contributed by atoms with van der Waals surface area (Å²) in [6, 6.07) is 5.10. The van der Waals surface area contributed by atoms with Gasteiger partial charge >= 0.3 is 5.97 Å². The largest absolute Gasteiger partial charge is 0.478 e. The van der Waals surface area contributed by atoms with Gasteiger partial charge in [-0.15, -0.1) is 0 Å². The van der Waals surface area contributed by atoms with E-state index < -0.39 is 5.97 Å². The molecule has 8 heteroatoms. The van der Waals surface area contributed by atoms with Crippen molar-refractivity contribution < 1.29 is 14.7 Å². The highest BCUT2D eigenvalue weighted by atomic mass is 16.4. The van der Waals surface area contributed by atoms with E-state index in [2.05, 4.69) is 10.1 Å². The molecule has 0 unspecified atom stereocenters. The number of rotatable bonds is 5. The van der Waals surface area contributed by atoms with Crippen molar-refractivity contribution in [3.05, 3.63) is 41.9 Å². The highest BCUT2D eigenvalue weighted by Crippen LogP contribution is 2.19. The Kier molecular flexibility index (Phi) is 5.50. The number of aromatic carboxylic acids is 1. The second-order valence-electron chi connectivity index (χ2n) is 6.37. The summed E-state index contributed by atoms with van der Waals surface area (Å²) in [7, 11) is 0. The van der Waals surface area contributed by atoms with Gasteiger partial charge in [0, 0.05) is 51.5 Å². The monoisotopic (exact) mass is 357 g/mol. The van der Waals surface area contributed by atoms with E-state index in [-0.39, 0.29) is 11.5 Å². The van der Waals surface area contributed by atoms with Crippen LogP contribution in [0.5, 0.6) is 0 Å². The van der Waals surface area contributed by atoms with E-state index in [9.17, 15) is 14.7 Å². The van der Waals surface area contributed by atoms with E-state index in [1.54, 1.807) is 23.0 Å². The van der Waals surface area contributed by atoms with Gasteiger partial charge < -0.3 is 14.9 Å². The van der Waals surface area contributed by atoms with Gasteiger partial charge in [0.15, 0.2) is 0 Å². The number of carboxylic acids is 1. The smallest absolute Gasteiger partial charge is 0.339 e. The van der Waals surface area contributed by atoms with Crippen molar-refractivity contribution in [3.8, 4) is 0 Å². The zero-order chi connectivity index (χ0) is 18.5. The molecular formula is C18H23N5O3. The van der Waals surface area contributed by atoms with Gasteiger partial charge in [-0.2, -0.15) is 5.10 Å². The van der Waals surface area contributed by atoms with Gasteiger partial charge in [0.1, 0.15) is 11.4 Å². The molecule has 1 aliphatic heterocycles.